The highest BCUT2D eigenvalue weighted by Crippen LogP contribution is 2.20. The molecule has 1 saturated heterocycles. The van der Waals surface area contributed by atoms with Crippen molar-refractivity contribution in [3.63, 3.8) is 0 Å². The first-order chi connectivity index (χ1) is 12.6. The Bertz CT molecular complexity index is 728. The summed E-state index contributed by atoms with van der Waals surface area (Å²) < 4.78 is 0. The van der Waals surface area contributed by atoms with E-state index in [4.69, 9.17) is 11.5 Å². The number of aryl methyl sites for hydroxylation is 2. The van der Waals surface area contributed by atoms with E-state index in [0.29, 0.717) is 19.6 Å². The van der Waals surface area contributed by atoms with Gasteiger partial charge < -0.3 is 20.2 Å². The van der Waals surface area contributed by atoms with Crippen LogP contribution in [-0.2, 0) is 17.6 Å². The van der Waals surface area contributed by atoms with Crippen LogP contribution in [0.2, 0.25) is 0 Å². The molecule has 3 rings (SSSR count). The lowest BCUT2D eigenvalue weighted by atomic mass is 10.1. The van der Waals surface area contributed by atoms with Gasteiger partial charge in [0.2, 0.25) is 0 Å². The highest BCUT2D eigenvalue weighted by atomic mass is 16.4. The van der Waals surface area contributed by atoms with Gasteiger partial charge in [-0.3, -0.25) is 4.79 Å². The van der Waals surface area contributed by atoms with E-state index < -0.39 is 12.0 Å². The van der Waals surface area contributed by atoms with Crippen LogP contribution in [0.1, 0.15) is 30.5 Å². The molecule has 0 unspecified atom stereocenters. The number of nitrogens with zero attached hydrogens (tertiary/aromatic N) is 3. The molecule has 0 bridgehead atoms. The predicted molar refractivity (Wildman–Crippen MR) is 97.9 cm³/mol. The zero-order chi connectivity index (χ0) is 18.5. The number of rotatable bonds is 7. The number of aliphatic carboxylic acids is 1. The minimum Gasteiger partial charge on any atom is -0.481 e. The van der Waals surface area contributed by atoms with Crippen molar-refractivity contribution in [2.45, 2.75) is 38.1 Å². The van der Waals surface area contributed by atoms with Gasteiger partial charge in [0.05, 0.1) is 6.42 Å². The minimum absolute atomic E-state index is 0.172. The number of carboxylic acid groups (broad SMARTS) is 1. The number of urea groups is 1. The number of carbonyl (C=O) groups is 2. The fourth-order valence-electron chi connectivity index (χ4n) is 3.48. The molecule has 7 nitrogen and oxygen atoms in total. The number of carboxylic acids is 1. The Morgan fingerprint density at radius 3 is 3.04 bits per heavy atom. The fourth-order valence-corrected chi connectivity index (χ4v) is 3.48. The summed E-state index contributed by atoms with van der Waals surface area (Å²) in [6, 6.07) is 3.34. The normalized spacial score (nSPS) is 17.4. The Morgan fingerprint density at radius 2 is 2.27 bits per heavy atom. The molecule has 2 aliphatic rings. The maximum Gasteiger partial charge on any atom is 0.321 e. The standard InChI is InChI=1S/C19H24N4O3/c1-2-16(13-17(24)25)23-12-11-22(19(23)26)10-4-6-15-8-7-14-5-3-9-20-18(14)21-15/h1,7-8,16H,3-6,9-13H2,(H,20,21)(H,24,25)/t16-/m1/s1. The monoisotopic (exact) mass is 356 g/mol. The molecule has 1 aromatic rings. The molecule has 0 aromatic carbocycles. The number of hydrogen-bond acceptors (Lipinski definition) is 4. The lowest BCUT2D eigenvalue weighted by molar-refractivity contribution is -0.137. The maximum atomic E-state index is 12.5. The summed E-state index contributed by atoms with van der Waals surface area (Å²) in [6.45, 7) is 2.64. The second-order valence-electron chi connectivity index (χ2n) is 6.69. The third kappa shape index (κ3) is 4.07. The van der Waals surface area contributed by atoms with E-state index in [9.17, 15) is 9.59 Å². The molecule has 1 atom stereocenters. The number of hydrogen-bond donors (Lipinski definition) is 2. The Kier molecular flexibility index (Phi) is 5.61. The summed E-state index contributed by atoms with van der Waals surface area (Å²) >= 11 is 0. The number of terminal acetylenes is 1. The lowest BCUT2D eigenvalue weighted by Gasteiger charge is -2.23. The second kappa shape index (κ2) is 8.09. The molecule has 1 aromatic heterocycles. The largest absolute Gasteiger partial charge is 0.481 e. The molecular formula is C19H24N4O3. The highest BCUT2D eigenvalue weighted by molar-refractivity contribution is 5.78. The van der Waals surface area contributed by atoms with Gasteiger partial charge in [0.1, 0.15) is 11.9 Å². The molecule has 3 heterocycles. The van der Waals surface area contributed by atoms with Gasteiger partial charge in [0.25, 0.3) is 0 Å². The Labute approximate surface area is 153 Å². The first-order valence-corrected chi connectivity index (χ1v) is 9.04. The van der Waals surface area contributed by atoms with Gasteiger partial charge in [-0.2, -0.15) is 0 Å². The molecule has 2 aliphatic heterocycles. The fraction of sp³-hybridized carbons (Fsp3) is 0.526. The van der Waals surface area contributed by atoms with Crippen molar-refractivity contribution in [2.75, 3.05) is 31.5 Å². The number of nitrogens with one attached hydrogen (secondary N) is 1. The molecule has 2 N–H and O–H groups in total. The summed E-state index contributed by atoms with van der Waals surface area (Å²) in [4.78, 5) is 31.2. The van der Waals surface area contributed by atoms with Crippen LogP contribution in [0.4, 0.5) is 10.6 Å². The van der Waals surface area contributed by atoms with E-state index >= 15 is 0 Å². The number of carbonyl (C=O) groups excluding carboxylic acids is 1. The lowest BCUT2D eigenvalue weighted by Crippen LogP contribution is -2.40. The summed E-state index contributed by atoms with van der Waals surface area (Å²) in [5.41, 5.74) is 2.29. The quantitative estimate of drug-likeness (QED) is 0.725. The van der Waals surface area contributed by atoms with Crippen LogP contribution in [0, 0.1) is 12.3 Å². The molecule has 2 amide bonds. The molecule has 7 heteroatoms. The van der Waals surface area contributed by atoms with Crippen LogP contribution in [0.5, 0.6) is 0 Å². The Hall–Kier alpha value is -2.75. The van der Waals surface area contributed by atoms with Gasteiger partial charge in [0, 0.05) is 31.9 Å². The predicted octanol–water partition coefficient (Wildman–Crippen LogP) is 1.59. The van der Waals surface area contributed by atoms with E-state index in [0.717, 1.165) is 43.7 Å². The molecule has 26 heavy (non-hydrogen) atoms. The Balaban J connectivity index is 1.50. The van der Waals surface area contributed by atoms with E-state index in [1.165, 1.54) is 10.5 Å². The van der Waals surface area contributed by atoms with Gasteiger partial charge in [-0.05, 0) is 37.3 Å². The van der Waals surface area contributed by atoms with Crippen molar-refractivity contribution in [3.05, 3.63) is 23.4 Å². The second-order valence-corrected chi connectivity index (χ2v) is 6.69. The summed E-state index contributed by atoms with van der Waals surface area (Å²) in [5, 5.41) is 12.3. The first-order valence-electron chi connectivity index (χ1n) is 9.04. The van der Waals surface area contributed by atoms with E-state index in [2.05, 4.69) is 28.4 Å². The summed E-state index contributed by atoms with van der Waals surface area (Å²) in [7, 11) is 0. The van der Waals surface area contributed by atoms with E-state index in [1.807, 2.05) is 0 Å². The van der Waals surface area contributed by atoms with E-state index in [1.54, 1.807) is 4.90 Å². The number of anilines is 1. The van der Waals surface area contributed by atoms with Gasteiger partial charge in [-0.1, -0.05) is 12.0 Å². The van der Waals surface area contributed by atoms with Crippen LogP contribution < -0.4 is 5.32 Å². The third-order valence-corrected chi connectivity index (χ3v) is 4.88. The van der Waals surface area contributed by atoms with Crippen molar-refractivity contribution in [1.29, 1.82) is 0 Å². The van der Waals surface area contributed by atoms with Crippen LogP contribution in [0.15, 0.2) is 12.1 Å². The third-order valence-electron chi connectivity index (χ3n) is 4.88. The molecular weight excluding hydrogens is 332 g/mol. The van der Waals surface area contributed by atoms with Crippen molar-refractivity contribution in [1.82, 2.24) is 14.8 Å². The van der Waals surface area contributed by atoms with Gasteiger partial charge in [0.15, 0.2) is 0 Å². The molecule has 0 aliphatic carbocycles. The first kappa shape index (κ1) is 18.1. The highest BCUT2D eigenvalue weighted by Gasteiger charge is 2.33. The zero-order valence-corrected chi connectivity index (χ0v) is 14.8. The van der Waals surface area contributed by atoms with Gasteiger partial charge >= 0.3 is 12.0 Å². The number of aromatic nitrogens is 1. The molecule has 0 spiro atoms. The maximum absolute atomic E-state index is 12.5. The van der Waals surface area contributed by atoms with Crippen LogP contribution >= 0.6 is 0 Å². The number of amides is 2. The topological polar surface area (TPSA) is 85.8 Å². The average molecular weight is 356 g/mol. The van der Waals surface area contributed by atoms with Crippen molar-refractivity contribution >= 4 is 17.8 Å². The van der Waals surface area contributed by atoms with Crippen molar-refractivity contribution in [3.8, 4) is 12.3 Å². The van der Waals surface area contributed by atoms with Crippen LogP contribution in [0.3, 0.4) is 0 Å². The van der Waals surface area contributed by atoms with Gasteiger partial charge in [-0.25, -0.2) is 9.78 Å². The Morgan fingerprint density at radius 1 is 1.42 bits per heavy atom. The molecule has 0 radical (unpaired) electrons. The molecule has 138 valence electrons. The summed E-state index contributed by atoms with van der Waals surface area (Å²) in [5.74, 6) is 2.41. The number of fused-ring (bicyclic) bond motifs is 1. The SMILES string of the molecule is C#C[C@H](CC(=O)O)N1CCN(CCCc2ccc3c(n2)NCCC3)C1=O. The van der Waals surface area contributed by atoms with E-state index in [-0.39, 0.29) is 12.5 Å². The zero-order valence-electron chi connectivity index (χ0n) is 14.8. The summed E-state index contributed by atoms with van der Waals surface area (Å²) in [6.07, 6.45) is 9.00. The average Bonchev–Trinajstić information content (AvgIpc) is 3.00. The molecule has 1 fully saturated rings. The molecule has 0 saturated carbocycles. The smallest absolute Gasteiger partial charge is 0.321 e. The van der Waals surface area contributed by atoms with Crippen LogP contribution in [0.25, 0.3) is 0 Å². The van der Waals surface area contributed by atoms with Crippen molar-refractivity contribution < 1.29 is 14.7 Å². The van der Waals surface area contributed by atoms with Gasteiger partial charge in [-0.15, -0.1) is 6.42 Å². The van der Waals surface area contributed by atoms with Crippen molar-refractivity contribution in [2.24, 2.45) is 0 Å². The number of pyridine rings is 1. The minimum atomic E-state index is -0.994. The van der Waals surface area contributed by atoms with Crippen LogP contribution in [-0.4, -0.2) is 64.1 Å².